The Labute approximate surface area is 134 Å². The van der Waals surface area contributed by atoms with Gasteiger partial charge in [-0.05, 0) is 51.4 Å². The highest BCUT2D eigenvalue weighted by atomic mass is 16.6. The zero-order valence-corrected chi connectivity index (χ0v) is 14.4. The fraction of sp³-hybridized carbons (Fsp3) is 0.611. The summed E-state index contributed by atoms with van der Waals surface area (Å²) in [5.41, 5.74) is 1.48. The number of carbonyl (C=O) groups excluding carboxylic acids is 1. The molecular weight excluding hydrogens is 276 g/mol. The van der Waals surface area contributed by atoms with Gasteiger partial charge in [0, 0.05) is 12.2 Å². The van der Waals surface area contributed by atoms with Crippen molar-refractivity contribution in [1.82, 2.24) is 5.32 Å². The number of hydrogen-bond donors (Lipinski definition) is 2. The number of amides is 1. The van der Waals surface area contributed by atoms with E-state index < -0.39 is 11.7 Å². The molecule has 22 heavy (non-hydrogen) atoms. The molecule has 0 saturated carbocycles. The lowest BCUT2D eigenvalue weighted by Gasteiger charge is -2.19. The summed E-state index contributed by atoms with van der Waals surface area (Å²) in [7, 11) is 0. The van der Waals surface area contributed by atoms with Crippen LogP contribution in [0.1, 0.15) is 58.9 Å². The van der Waals surface area contributed by atoms with E-state index in [1.165, 1.54) is 31.2 Å². The maximum atomic E-state index is 11.7. The molecule has 124 valence electrons. The fourth-order valence-corrected chi connectivity index (χ4v) is 2.04. The van der Waals surface area contributed by atoms with Crippen molar-refractivity contribution < 1.29 is 9.53 Å². The zero-order chi connectivity index (χ0) is 16.4. The molecule has 4 heteroatoms. The highest BCUT2D eigenvalue weighted by Gasteiger charge is 2.15. The summed E-state index contributed by atoms with van der Waals surface area (Å²) < 4.78 is 5.22. The summed E-state index contributed by atoms with van der Waals surface area (Å²) in [6.45, 7) is 9.68. The Morgan fingerprint density at radius 3 is 2.36 bits per heavy atom. The number of carbonyl (C=O) groups is 1. The molecule has 0 radical (unpaired) electrons. The summed E-state index contributed by atoms with van der Waals surface area (Å²) in [5, 5.41) is 6.17. The number of benzene rings is 1. The van der Waals surface area contributed by atoms with E-state index in [4.69, 9.17) is 4.74 Å². The quantitative estimate of drug-likeness (QED) is 0.684. The van der Waals surface area contributed by atoms with E-state index in [1.54, 1.807) is 0 Å². The fourth-order valence-electron chi connectivity index (χ4n) is 2.04. The normalized spacial score (nSPS) is 11.3. The van der Waals surface area contributed by atoms with Crippen LogP contribution >= 0.6 is 0 Å². The molecule has 2 N–H and O–H groups in total. The van der Waals surface area contributed by atoms with Crippen molar-refractivity contribution in [3.05, 3.63) is 29.8 Å². The van der Waals surface area contributed by atoms with Crippen molar-refractivity contribution >= 4 is 11.8 Å². The summed E-state index contributed by atoms with van der Waals surface area (Å²) in [4.78, 5) is 11.7. The molecule has 0 heterocycles. The van der Waals surface area contributed by atoms with Crippen molar-refractivity contribution in [3.63, 3.8) is 0 Å². The molecule has 0 aromatic heterocycles. The van der Waals surface area contributed by atoms with Gasteiger partial charge in [-0.25, -0.2) is 4.79 Å². The Kier molecular flexibility index (Phi) is 7.96. The molecule has 0 atom stereocenters. The second-order valence-electron chi connectivity index (χ2n) is 6.56. The standard InChI is InChI=1S/C18H30N2O2/c1-5-6-7-8-13-19-14-15-9-11-16(12-10-15)20-17(21)22-18(2,3)4/h9-12,19H,5-8,13-14H2,1-4H3,(H,20,21). The molecule has 0 aliphatic heterocycles. The molecule has 1 aromatic rings. The molecule has 0 bridgehead atoms. The van der Waals surface area contributed by atoms with E-state index in [9.17, 15) is 4.79 Å². The molecule has 0 fully saturated rings. The average Bonchev–Trinajstić information content (AvgIpc) is 2.42. The largest absolute Gasteiger partial charge is 0.444 e. The van der Waals surface area contributed by atoms with Crippen molar-refractivity contribution in [1.29, 1.82) is 0 Å². The molecule has 1 amide bonds. The Hall–Kier alpha value is -1.55. The van der Waals surface area contributed by atoms with E-state index in [2.05, 4.69) is 17.6 Å². The van der Waals surface area contributed by atoms with Crippen LogP contribution in [-0.4, -0.2) is 18.2 Å². The second kappa shape index (κ2) is 9.46. The van der Waals surface area contributed by atoms with Crippen LogP contribution in [-0.2, 0) is 11.3 Å². The summed E-state index contributed by atoms with van der Waals surface area (Å²) in [6, 6.07) is 7.84. The minimum atomic E-state index is -0.480. The monoisotopic (exact) mass is 306 g/mol. The van der Waals surface area contributed by atoms with Gasteiger partial charge in [-0.3, -0.25) is 5.32 Å². The van der Waals surface area contributed by atoms with Gasteiger partial charge >= 0.3 is 6.09 Å². The first-order valence-corrected chi connectivity index (χ1v) is 8.20. The molecule has 0 saturated heterocycles. The van der Waals surface area contributed by atoms with Gasteiger partial charge in [-0.2, -0.15) is 0 Å². The predicted molar refractivity (Wildman–Crippen MR) is 92.1 cm³/mol. The van der Waals surface area contributed by atoms with Crippen LogP contribution in [0.25, 0.3) is 0 Å². The van der Waals surface area contributed by atoms with Crippen LogP contribution in [0.5, 0.6) is 0 Å². The van der Waals surface area contributed by atoms with E-state index >= 15 is 0 Å². The van der Waals surface area contributed by atoms with Gasteiger partial charge in [0.05, 0.1) is 0 Å². The second-order valence-corrected chi connectivity index (χ2v) is 6.56. The van der Waals surface area contributed by atoms with Gasteiger partial charge in [0.25, 0.3) is 0 Å². The maximum Gasteiger partial charge on any atom is 0.412 e. The van der Waals surface area contributed by atoms with Gasteiger partial charge in [-0.15, -0.1) is 0 Å². The molecule has 4 nitrogen and oxygen atoms in total. The highest BCUT2D eigenvalue weighted by molar-refractivity contribution is 5.84. The predicted octanol–water partition coefficient (Wildman–Crippen LogP) is 4.70. The van der Waals surface area contributed by atoms with Crippen molar-refractivity contribution in [3.8, 4) is 0 Å². The minimum absolute atomic E-state index is 0.422. The summed E-state index contributed by atoms with van der Waals surface area (Å²) in [6.07, 6.45) is 4.68. The van der Waals surface area contributed by atoms with Crippen molar-refractivity contribution in [2.24, 2.45) is 0 Å². The molecule has 0 unspecified atom stereocenters. The van der Waals surface area contributed by atoms with Gasteiger partial charge in [0.2, 0.25) is 0 Å². The number of hydrogen-bond acceptors (Lipinski definition) is 3. The first-order valence-electron chi connectivity index (χ1n) is 8.20. The lowest BCUT2D eigenvalue weighted by atomic mass is 10.2. The number of anilines is 1. The molecule has 0 aliphatic rings. The van der Waals surface area contributed by atoms with Crippen LogP contribution in [0.4, 0.5) is 10.5 Å². The Morgan fingerprint density at radius 1 is 1.09 bits per heavy atom. The third kappa shape index (κ3) is 8.67. The van der Waals surface area contributed by atoms with Gasteiger partial charge < -0.3 is 10.1 Å². The number of rotatable bonds is 8. The molecule has 1 aromatic carbocycles. The van der Waals surface area contributed by atoms with Gasteiger partial charge in [0.1, 0.15) is 5.60 Å². The van der Waals surface area contributed by atoms with E-state index in [1.807, 2.05) is 45.0 Å². The summed E-state index contributed by atoms with van der Waals surface area (Å²) >= 11 is 0. The maximum absolute atomic E-state index is 11.7. The van der Waals surface area contributed by atoms with Crippen molar-refractivity contribution in [2.45, 2.75) is 65.5 Å². The molecule has 0 aliphatic carbocycles. The third-order valence-electron chi connectivity index (χ3n) is 3.14. The average molecular weight is 306 g/mol. The van der Waals surface area contributed by atoms with E-state index in [0.717, 1.165) is 18.8 Å². The lowest BCUT2D eigenvalue weighted by molar-refractivity contribution is 0.0636. The van der Waals surface area contributed by atoms with Crippen LogP contribution in [0.3, 0.4) is 0 Å². The zero-order valence-electron chi connectivity index (χ0n) is 14.4. The lowest BCUT2D eigenvalue weighted by Crippen LogP contribution is -2.27. The Bertz CT molecular complexity index is 435. The van der Waals surface area contributed by atoms with Crippen molar-refractivity contribution in [2.75, 3.05) is 11.9 Å². The molecular formula is C18H30N2O2. The number of ether oxygens (including phenoxy) is 1. The van der Waals surface area contributed by atoms with Crippen LogP contribution in [0, 0.1) is 0 Å². The van der Waals surface area contributed by atoms with Crippen LogP contribution < -0.4 is 10.6 Å². The van der Waals surface area contributed by atoms with E-state index in [-0.39, 0.29) is 0 Å². The van der Waals surface area contributed by atoms with Gasteiger partial charge in [0.15, 0.2) is 0 Å². The molecule has 1 rings (SSSR count). The topological polar surface area (TPSA) is 50.4 Å². The molecule has 0 spiro atoms. The first kappa shape index (κ1) is 18.5. The van der Waals surface area contributed by atoms with Crippen LogP contribution in [0.15, 0.2) is 24.3 Å². The Balaban J connectivity index is 2.29. The van der Waals surface area contributed by atoms with Gasteiger partial charge in [-0.1, -0.05) is 38.3 Å². The SMILES string of the molecule is CCCCCCNCc1ccc(NC(=O)OC(C)(C)C)cc1. The van der Waals surface area contributed by atoms with E-state index in [0.29, 0.717) is 0 Å². The Morgan fingerprint density at radius 2 is 1.77 bits per heavy atom. The van der Waals surface area contributed by atoms with Crippen LogP contribution in [0.2, 0.25) is 0 Å². The minimum Gasteiger partial charge on any atom is -0.444 e. The summed E-state index contributed by atoms with van der Waals surface area (Å²) in [5.74, 6) is 0. The number of unbranched alkanes of at least 4 members (excludes halogenated alkanes) is 3. The first-order chi connectivity index (χ1) is 10.4. The smallest absolute Gasteiger partial charge is 0.412 e. The number of nitrogens with one attached hydrogen (secondary N) is 2. The third-order valence-corrected chi connectivity index (χ3v) is 3.14. The highest BCUT2D eigenvalue weighted by Crippen LogP contribution is 2.13.